The predicted octanol–water partition coefficient (Wildman–Crippen LogP) is 3.99. The van der Waals surface area contributed by atoms with Crippen molar-refractivity contribution in [3.8, 4) is 5.75 Å². The van der Waals surface area contributed by atoms with Crippen molar-refractivity contribution >= 4 is 22.8 Å². The summed E-state index contributed by atoms with van der Waals surface area (Å²) in [5, 5.41) is 0.805. The van der Waals surface area contributed by atoms with E-state index in [1.54, 1.807) is 13.0 Å². The van der Waals surface area contributed by atoms with E-state index in [2.05, 4.69) is 16.7 Å². The third kappa shape index (κ3) is 5.41. The second-order valence-corrected chi connectivity index (χ2v) is 6.52. The van der Waals surface area contributed by atoms with Gasteiger partial charge in [0.2, 0.25) is 5.91 Å². The van der Waals surface area contributed by atoms with Crippen molar-refractivity contribution in [2.45, 2.75) is 40.7 Å². The Bertz CT molecular complexity index is 993. The fourth-order valence-electron chi connectivity index (χ4n) is 3.39. The third-order valence-corrected chi connectivity index (χ3v) is 4.62. The minimum Gasteiger partial charge on any atom is -0.481 e. The number of rotatable bonds is 8. The Kier molecular flexibility index (Phi) is 8.47. The Hall–Kier alpha value is -3.28. The van der Waals surface area contributed by atoms with Crippen molar-refractivity contribution in [3.05, 3.63) is 65.4 Å². The molecule has 0 aliphatic heterocycles. The van der Waals surface area contributed by atoms with Crippen LogP contribution in [0.25, 0.3) is 10.9 Å². The molecule has 0 atom stereocenters. The normalized spacial score (nSPS) is 10.3. The van der Waals surface area contributed by atoms with Crippen LogP contribution in [0.3, 0.4) is 0 Å². The lowest BCUT2D eigenvalue weighted by Crippen LogP contribution is -2.16. The minimum atomic E-state index is -0.434. The molecule has 0 spiro atoms. The molecule has 0 aliphatic carbocycles. The number of nitrogens with zero attached hydrogens (tertiary/aromatic N) is 1. The second-order valence-electron chi connectivity index (χ2n) is 6.52. The van der Waals surface area contributed by atoms with Crippen molar-refractivity contribution < 1.29 is 19.1 Å². The zero-order valence-electron chi connectivity index (χ0n) is 18.1. The number of benzene rings is 2. The zero-order valence-corrected chi connectivity index (χ0v) is 18.1. The van der Waals surface area contributed by atoms with Gasteiger partial charge in [0.1, 0.15) is 5.75 Å². The number of ether oxygens (including phenoxy) is 2. The SMILES string of the molecule is CC.CCOC(=O)COc1cccc2c1c(CC(N)=O)c(C)n2Cc1ccccc1. The van der Waals surface area contributed by atoms with Crippen LogP contribution in [0.4, 0.5) is 0 Å². The van der Waals surface area contributed by atoms with Crippen molar-refractivity contribution in [3.63, 3.8) is 0 Å². The Morgan fingerprint density at radius 1 is 1.03 bits per heavy atom. The van der Waals surface area contributed by atoms with Crippen LogP contribution < -0.4 is 10.5 Å². The lowest BCUT2D eigenvalue weighted by molar-refractivity contribution is -0.145. The molecule has 6 nitrogen and oxygen atoms in total. The molecule has 30 heavy (non-hydrogen) atoms. The summed E-state index contributed by atoms with van der Waals surface area (Å²) in [4.78, 5) is 23.4. The molecule has 160 valence electrons. The minimum absolute atomic E-state index is 0.101. The molecule has 0 aliphatic rings. The van der Waals surface area contributed by atoms with Gasteiger partial charge in [-0.05, 0) is 37.1 Å². The highest BCUT2D eigenvalue weighted by Crippen LogP contribution is 2.34. The molecule has 0 radical (unpaired) electrons. The van der Waals surface area contributed by atoms with Gasteiger partial charge in [0.05, 0.1) is 18.5 Å². The molecule has 6 heteroatoms. The molecule has 1 aromatic heterocycles. The first-order valence-corrected chi connectivity index (χ1v) is 10.2. The summed E-state index contributed by atoms with van der Waals surface area (Å²) in [6.07, 6.45) is 0.101. The van der Waals surface area contributed by atoms with Gasteiger partial charge in [-0.3, -0.25) is 4.79 Å². The molecular formula is C24H30N2O4. The number of esters is 1. The van der Waals surface area contributed by atoms with E-state index in [1.807, 2.05) is 51.1 Å². The number of aromatic nitrogens is 1. The van der Waals surface area contributed by atoms with E-state index in [0.717, 1.165) is 27.7 Å². The van der Waals surface area contributed by atoms with Crippen LogP contribution in [-0.4, -0.2) is 29.7 Å². The zero-order chi connectivity index (χ0) is 22.1. The van der Waals surface area contributed by atoms with Crippen molar-refractivity contribution in [2.24, 2.45) is 5.73 Å². The largest absolute Gasteiger partial charge is 0.481 e. The van der Waals surface area contributed by atoms with Crippen LogP contribution >= 0.6 is 0 Å². The first kappa shape index (κ1) is 23.0. The van der Waals surface area contributed by atoms with E-state index in [-0.39, 0.29) is 13.0 Å². The van der Waals surface area contributed by atoms with Crippen LogP contribution in [0.5, 0.6) is 5.75 Å². The van der Waals surface area contributed by atoms with Gasteiger partial charge in [-0.15, -0.1) is 0 Å². The number of carbonyl (C=O) groups excluding carboxylic acids is 2. The predicted molar refractivity (Wildman–Crippen MR) is 119 cm³/mol. The summed E-state index contributed by atoms with van der Waals surface area (Å²) in [5.74, 6) is -0.310. The maximum atomic E-state index is 11.7. The van der Waals surface area contributed by atoms with Crippen LogP contribution in [0, 0.1) is 6.92 Å². The first-order chi connectivity index (χ1) is 14.5. The van der Waals surface area contributed by atoms with Crippen molar-refractivity contribution in [1.82, 2.24) is 4.57 Å². The van der Waals surface area contributed by atoms with Gasteiger partial charge in [-0.1, -0.05) is 50.2 Å². The fraction of sp³-hybridized carbons (Fsp3) is 0.333. The summed E-state index contributed by atoms with van der Waals surface area (Å²) >= 11 is 0. The Balaban J connectivity index is 0.00000155. The van der Waals surface area contributed by atoms with Crippen LogP contribution in [0.1, 0.15) is 37.6 Å². The Morgan fingerprint density at radius 3 is 2.37 bits per heavy atom. The molecule has 0 bridgehead atoms. The number of primary amides is 1. The van der Waals surface area contributed by atoms with Gasteiger partial charge < -0.3 is 19.8 Å². The highest BCUT2D eigenvalue weighted by Gasteiger charge is 2.20. The maximum absolute atomic E-state index is 11.7. The summed E-state index contributed by atoms with van der Waals surface area (Å²) in [7, 11) is 0. The third-order valence-electron chi connectivity index (χ3n) is 4.62. The average molecular weight is 411 g/mol. The lowest BCUT2D eigenvalue weighted by Gasteiger charge is -2.10. The number of amides is 1. The maximum Gasteiger partial charge on any atom is 0.344 e. The summed E-state index contributed by atoms with van der Waals surface area (Å²) in [5.41, 5.74) is 9.34. The average Bonchev–Trinajstić information content (AvgIpc) is 3.00. The van der Waals surface area contributed by atoms with E-state index < -0.39 is 11.9 Å². The summed E-state index contributed by atoms with van der Waals surface area (Å²) in [6, 6.07) is 15.7. The number of hydrogen-bond acceptors (Lipinski definition) is 4. The monoisotopic (exact) mass is 410 g/mol. The lowest BCUT2D eigenvalue weighted by atomic mass is 10.1. The summed E-state index contributed by atoms with van der Waals surface area (Å²) in [6.45, 7) is 8.48. The van der Waals surface area contributed by atoms with Crippen molar-refractivity contribution in [2.75, 3.05) is 13.2 Å². The molecular weight excluding hydrogens is 380 g/mol. The molecule has 2 aromatic carbocycles. The van der Waals surface area contributed by atoms with E-state index >= 15 is 0 Å². The molecule has 0 saturated heterocycles. The van der Waals surface area contributed by atoms with Gasteiger partial charge >= 0.3 is 5.97 Å². The standard InChI is InChI=1S/C22H24N2O4.C2H6/c1-3-27-21(26)14-28-19-11-7-10-18-22(19)17(12-20(23)25)15(2)24(18)13-16-8-5-4-6-9-16;1-2/h4-11H,3,12-14H2,1-2H3,(H2,23,25);1-2H3. The summed E-state index contributed by atoms with van der Waals surface area (Å²) < 4.78 is 12.8. The Labute approximate surface area is 177 Å². The molecule has 2 N–H and O–H groups in total. The highest BCUT2D eigenvalue weighted by atomic mass is 16.6. The van der Waals surface area contributed by atoms with E-state index in [1.165, 1.54) is 0 Å². The van der Waals surface area contributed by atoms with Crippen LogP contribution in [0.2, 0.25) is 0 Å². The molecule has 0 saturated carbocycles. The molecule has 3 aromatic rings. The van der Waals surface area contributed by atoms with E-state index in [4.69, 9.17) is 15.2 Å². The van der Waals surface area contributed by atoms with Crippen LogP contribution in [-0.2, 0) is 27.3 Å². The molecule has 0 fully saturated rings. The number of nitrogens with two attached hydrogens (primary N) is 1. The fourth-order valence-corrected chi connectivity index (χ4v) is 3.39. The van der Waals surface area contributed by atoms with Gasteiger partial charge in [-0.2, -0.15) is 0 Å². The van der Waals surface area contributed by atoms with Gasteiger partial charge in [-0.25, -0.2) is 4.79 Å². The highest BCUT2D eigenvalue weighted by molar-refractivity contribution is 5.95. The second kappa shape index (κ2) is 11.0. The molecule has 1 amide bonds. The molecule has 3 rings (SSSR count). The Morgan fingerprint density at radius 2 is 1.73 bits per heavy atom. The number of carbonyl (C=O) groups is 2. The van der Waals surface area contributed by atoms with Crippen LogP contribution in [0.15, 0.2) is 48.5 Å². The number of fused-ring (bicyclic) bond motifs is 1. The molecule has 1 heterocycles. The van der Waals surface area contributed by atoms with Crippen molar-refractivity contribution in [1.29, 1.82) is 0 Å². The number of hydrogen-bond donors (Lipinski definition) is 1. The van der Waals surface area contributed by atoms with E-state index in [9.17, 15) is 9.59 Å². The van der Waals surface area contributed by atoms with Gasteiger partial charge in [0, 0.05) is 17.6 Å². The van der Waals surface area contributed by atoms with Gasteiger partial charge in [0.25, 0.3) is 0 Å². The quantitative estimate of drug-likeness (QED) is 0.569. The smallest absolute Gasteiger partial charge is 0.344 e. The first-order valence-electron chi connectivity index (χ1n) is 10.2. The van der Waals surface area contributed by atoms with Gasteiger partial charge in [0.15, 0.2) is 6.61 Å². The molecule has 0 unspecified atom stereocenters. The van der Waals surface area contributed by atoms with E-state index in [0.29, 0.717) is 18.9 Å². The topological polar surface area (TPSA) is 83.6 Å².